The molecule has 0 saturated heterocycles. The van der Waals surface area contributed by atoms with Crippen LogP contribution in [0.25, 0.3) is 0 Å². The van der Waals surface area contributed by atoms with Crippen LogP contribution in [0, 0.1) is 10.1 Å². The van der Waals surface area contributed by atoms with Gasteiger partial charge in [-0.2, -0.15) is 4.98 Å². The lowest BCUT2D eigenvalue weighted by Crippen LogP contribution is -2.09. The zero-order chi connectivity index (χ0) is 18.4. The van der Waals surface area contributed by atoms with Gasteiger partial charge in [-0.05, 0) is 17.2 Å². The van der Waals surface area contributed by atoms with Crippen LogP contribution < -0.4 is 10.6 Å². The molecule has 0 aliphatic carbocycles. The molecule has 7 nitrogen and oxygen atoms in total. The molecule has 0 saturated carbocycles. The van der Waals surface area contributed by atoms with E-state index >= 15 is 0 Å². The average molecular weight is 370 g/mol. The Morgan fingerprint density at radius 1 is 1.00 bits per heavy atom. The Balaban J connectivity index is 1.75. The van der Waals surface area contributed by atoms with Gasteiger partial charge >= 0.3 is 5.69 Å². The highest BCUT2D eigenvalue weighted by Gasteiger charge is 2.17. The molecule has 1 aromatic heterocycles. The van der Waals surface area contributed by atoms with Crippen molar-refractivity contribution in [2.24, 2.45) is 0 Å². The molecule has 2 aromatic carbocycles. The lowest BCUT2D eigenvalue weighted by molar-refractivity contribution is -0.384. The van der Waals surface area contributed by atoms with Crippen molar-refractivity contribution < 1.29 is 4.92 Å². The van der Waals surface area contributed by atoms with Gasteiger partial charge in [0.2, 0.25) is 11.8 Å². The zero-order valence-corrected chi connectivity index (χ0v) is 14.5. The van der Waals surface area contributed by atoms with Crippen molar-refractivity contribution in [1.82, 2.24) is 9.97 Å². The fourth-order valence-corrected chi connectivity index (χ4v) is 2.52. The smallest absolute Gasteiger partial charge is 0.329 e. The molecule has 0 spiro atoms. The zero-order valence-electron chi connectivity index (χ0n) is 13.7. The van der Waals surface area contributed by atoms with Gasteiger partial charge in [-0.25, -0.2) is 4.98 Å². The summed E-state index contributed by atoms with van der Waals surface area (Å²) in [6.07, 6.45) is 1.19. The summed E-state index contributed by atoms with van der Waals surface area (Å²) in [7, 11) is 0. The van der Waals surface area contributed by atoms with E-state index < -0.39 is 4.92 Å². The fraction of sp³-hybridized carbons (Fsp3) is 0.111. The maximum absolute atomic E-state index is 11.2. The number of benzene rings is 2. The average Bonchev–Trinajstić information content (AvgIpc) is 2.66. The Kier molecular flexibility index (Phi) is 5.60. The second kappa shape index (κ2) is 8.26. The molecule has 0 fully saturated rings. The molecule has 8 heteroatoms. The summed E-state index contributed by atoms with van der Waals surface area (Å²) in [6.45, 7) is 0.832. The molecular weight excluding hydrogens is 354 g/mol. The van der Waals surface area contributed by atoms with E-state index in [1.807, 2.05) is 48.5 Å². The van der Waals surface area contributed by atoms with Crippen LogP contribution >= 0.6 is 11.6 Å². The number of halogens is 1. The third-order valence-corrected chi connectivity index (χ3v) is 4.03. The van der Waals surface area contributed by atoms with Crippen LogP contribution in [-0.2, 0) is 13.1 Å². The Labute approximate surface area is 155 Å². The van der Waals surface area contributed by atoms with Gasteiger partial charge in [0.05, 0.1) is 4.92 Å². The van der Waals surface area contributed by atoms with Crippen molar-refractivity contribution in [3.05, 3.63) is 87.1 Å². The minimum absolute atomic E-state index is 0.163. The van der Waals surface area contributed by atoms with Crippen molar-refractivity contribution in [3.8, 4) is 0 Å². The maximum Gasteiger partial charge on any atom is 0.329 e. The van der Waals surface area contributed by atoms with Gasteiger partial charge < -0.3 is 10.6 Å². The Morgan fingerprint density at radius 3 is 2.46 bits per heavy atom. The van der Waals surface area contributed by atoms with E-state index in [2.05, 4.69) is 20.6 Å². The molecule has 3 aromatic rings. The third kappa shape index (κ3) is 4.46. The number of anilines is 2. The number of aromatic nitrogens is 2. The molecule has 0 atom stereocenters. The van der Waals surface area contributed by atoms with E-state index in [1.54, 1.807) is 6.07 Å². The van der Waals surface area contributed by atoms with Gasteiger partial charge in [0.15, 0.2) is 0 Å². The molecule has 26 heavy (non-hydrogen) atoms. The molecule has 0 unspecified atom stereocenters. The Hall–Kier alpha value is -3.19. The maximum atomic E-state index is 11.2. The van der Waals surface area contributed by atoms with Gasteiger partial charge in [-0.3, -0.25) is 10.1 Å². The number of rotatable bonds is 7. The van der Waals surface area contributed by atoms with E-state index in [1.165, 1.54) is 6.20 Å². The molecule has 1 heterocycles. The van der Waals surface area contributed by atoms with Crippen molar-refractivity contribution in [2.75, 3.05) is 10.6 Å². The fourth-order valence-electron chi connectivity index (χ4n) is 2.32. The molecule has 0 bridgehead atoms. The normalized spacial score (nSPS) is 10.3. The van der Waals surface area contributed by atoms with Crippen LogP contribution in [0.2, 0.25) is 5.02 Å². The summed E-state index contributed by atoms with van der Waals surface area (Å²) in [4.78, 5) is 19.0. The van der Waals surface area contributed by atoms with Crippen LogP contribution in [0.5, 0.6) is 0 Å². The monoisotopic (exact) mass is 369 g/mol. The van der Waals surface area contributed by atoms with E-state index in [0.29, 0.717) is 18.1 Å². The molecule has 3 rings (SSSR count). The van der Waals surface area contributed by atoms with E-state index in [9.17, 15) is 10.1 Å². The third-order valence-electron chi connectivity index (χ3n) is 3.66. The minimum atomic E-state index is -0.509. The molecular formula is C18H16ClN5O2. The topological polar surface area (TPSA) is 93.0 Å². The quantitative estimate of drug-likeness (QED) is 0.477. The highest BCUT2D eigenvalue weighted by Crippen LogP contribution is 2.23. The predicted octanol–water partition coefficient (Wildman–Crippen LogP) is 4.26. The van der Waals surface area contributed by atoms with Crippen molar-refractivity contribution >= 4 is 29.1 Å². The van der Waals surface area contributed by atoms with Crippen LogP contribution in [0.3, 0.4) is 0 Å². The summed E-state index contributed by atoms with van der Waals surface area (Å²) in [5.74, 6) is 0.446. The standard InChI is InChI=1S/C18H16ClN5O2/c19-15-9-5-4-8-14(15)11-21-18-22-12-16(24(25)26)17(23-18)20-10-13-6-2-1-3-7-13/h1-9,12H,10-11H2,(H2,20,21,22,23). The van der Waals surface area contributed by atoms with E-state index in [0.717, 1.165) is 11.1 Å². The number of hydrogen-bond acceptors (Lipinski definition) is 6. The van der Waals surface area contributed by atoms with Crippen LogP contribution in [0.15, 0.2) is 60.8 Å². The minimum Gasteiger partial charge on any atom is -0.360 e. The van der Waals surface area contributed by atoms with Gasteiger partial charge in [0.25, 0.3) is 0 Å². The lowest BCUT2D eigenvalue weighted by Gasteiger charge is -2.10. The van der Waals surface area contributed by atoms with Gasteiger partial charge in [-0.15, -0.1) is 0 Å². The first-order valence-corrected chi connectivity index (χ1v) is 8.28. The lowest BCUT2D eigenvalue weighted by atomic mass is 10.2. The Bertz CT molecular complexity index is 905. The second-order valence-corrected chi connectivity index (χ2v) is 5.88. The highest BCUT2D eigenvalue weighted by atomic mass is 35.5. The number of nitrogens with one attached hydrogen (secondary N) is 2. The predicted molar refractivity (Wildman–Crippen MR) is 101 cm³/mol. The van der Waals surface area contributed by atoms with Gasteiger partial charge in [-0.1, -0.05) is 60.1 Å². The van der Waals surface area contributed by atoms with Crippen molar-refractivity contribution in [1.29, 1.82) is 0 Å². The molecule has 0 aliphatic rings. The van der Waals surface area contributed by atoms with Crippen molar-refractivity contribution in [3.63, 3.8) is 0 Å². The summed E-state index contributed by atoms with van der Waals surface area (Å²) in [5, 5.41) is 17.9. The SMILES string of the molecule is O=[N+]([O-])c1cnc(NCc2ccccc2Cl)nc1NCc1ccccc1. The van der Waals surface area contributed by atoms with Crippen LogP contribution in [0.1, 0.15) is 11.1 Å². The summed E-state index contributed by atoms with van der Waals surface area (Å²) in [5.41, 5.74) is 1.70. The first-order valence-electron chi connectivity index (χ1n) is 7.90. The molecule has 132 valence electrons. The van der Waals surface area contributed by atoms with E-state index in [-0.39, 0.29) is 17.5 Å². The molecule has 0 radical (unpaired) electrons. The summed E-state index contributed by atoms with van der Waals surface area (Å²) >= 11 is 6.12. The highest BCUT2D eigenvalue weighted by molar-refractivity contribution is 6.31. The number of nitro groups is 1. The molecule has 0 amide bonds. The first kappa shape index (κ1) is 17.6. The number of hydrogen-bond donors (Lipinski definition) is 2. The molecule has 0 aliphatic heterocycles. The van der Waals surface area contributed by atoms with Crippen LogP contribution in [0.4, 0.5) is 17.5 Å². The molecule has 2 N–H and O–H groups in total. The van der Waals surface area contributed by atoms with Crippen LogP contribution in [-0.4, -0.2) is 14.9 Å². The first-order chi connectivity index (χ1) is 12.6. The summed E-state index contributed by atoms with van der Waals surface area (Å²) < 4.78 is 0. The number of nitrogens with zero attached hydrogens (tertiary/aromatic N) is 3. The largest absolute Gasteiger partial charge is 0.360 e. The Morgan fingerprint density at radius 2 is 1.73 bits per heavy atom. The second-order valence-electron chi connectivity index (χ2n) is 5.47. The van der Waals surface area contributed by atoms with E-state index in [4.69, 9.17) is 11.6 Å². The summed E-state index contributed by atoms with van der Waals surface area (Å²) in [6, 6.07) is 17.0. The van der Waals surface area contributed by atoms with Crippen molar-refractivity contribution in [2.45, 2.75) is 13.1 Å². The van der Waals surface area contributed by atoms with Gasteiger partial charge in [0, 0.05) is 18.1 Å². The van der Waals surface area contributed by atoms with Gasteiger partial charge in [0.1, 0.15) is 6.20 Å².